The molecule has 1 aromatic heterocycles. The van der Waals surface area contributed by atoms with Crippen molar-refractivity contribution >= 4 is 18.2 Å². The first-order chi connectivity index (χ1) is 9.69. The second-order valence-corrected chi connectivity index (χ2v) is 4.63. The van der Waals surface area contributed by atoms with Gasteiger partial charge in [-0.05, 0) is 28.8 Å². The van der Waals surface area contributed by atoms with Crippen molar-refractivity contribution in [2.24, 2.45) is 7.05 Å². The second-order valence-electron chi connectivity index (χ2n) is 3.78. The van der Waals surface area contributed by atoms with E-state index in [1.807, 2.05) is 18.4 Å². The molecule has 0 atom stereocenters. The highest BCUT2D eigenvalue weighted by Gasteiger charge is 2.14. The van der Waals surface area contributed by atoms with Gasteiger partial charge in [0.15, 0.2) is 0 Å². The summed E-state index contributed by atoms with van der Waals surface area (Å²) in [5.74, 6) is 0. The van der Waals surface area contributed by atoms with Crippen molar-refractivity contribution < 1.29 is 9.63 Å². The highest BCUT2D eigenvalue weighted by Crippen LogP contribution is 2.25. The van der Waals surface area contributed by atoms with E-state index in [0.29, 0.717) is 12.1 Å². The van der Waals surface area contributed by atoms with Gasteiger partial charge >= 0.3 is 5.69 Å². The van der Waals surface area contributed by atoms with Crippen LogP contribution < -0.4 is 11.2 Å². The van der Waals surface area contributed by atoms with Crippen molar-refractivity contribution in [2.45, 2.75) is 11.5 Å². The first-order valence-electron chi connectivity index (χ1n) is 5.65. The summed E-state index contributed by atoms with van der Waals surface area (Å²) in [5.41, 5.74) is 3.09. The minimum Gasteiger partial charge on any atom is -0.277 e. The lowest BCUT2D eigenvalue weighted by Crippen LogP contribution is -2.23. The first kappa shape index (κ1) is 14.3. The number of aromatic nitrogens is 4. The van der Waals surface area contributed by atoms with Crippen LogP contribution >= 0.6 is 11.8 Å². The molecule has 0 aliphatic heterocycles. The maximum atomic E-state index is 11.9. The Bertz CT molecular complexity index is 666. The molecule has 20 heavy (non-hydrogen) atoms. The lowest BCUT2D eigenvalue weighted by Gasteiger charge is -2.11. The molecule has 0 saturated heterocycles. The fourth-order valence-electron chi connectivity index (χ4n) is 1.70. The molecule has 0 aliphatic rings. The zero-order chi connectivity index (χ0) is 14.5. The van der Waals surface area contributed by atoms with Crippen LogP contribution in [0.1, 0.15) is 5.56 Å². The molecule has 0 fully saturated rings. The number of carbonyl (C=O) groups excluding carboxylic acids is 1. The van der Waals surface area contributed by atoms with Gasteiger partial charge in [0.25, 0.3) is 0 Å². The Morgan fingerprint density at radius 3 is 2.85 bits per heavy atom. The van der Waals surface area contributed by atoms with Crippen LogP contribution in [0, 0.1) is 0 Å². The number of carbonyl (C=O) groups is 1. The standard InChI is InChI=1S/C11H13N5O3S/c1-15-11(18)16(14-13-15)9-4-3-5-10(20-2)8(9)6-19-12-7-17/h3-5,7H,6H2,1-2H3,(H,12,17). The highest BCUT2D eigenvalue weighted by atomic mass is 32.2. The Morgan fingerprint density at radius 1 is 1.45 bits per heavy atom. The molecule has 0 spiro atoms. The third-order valence-corrected chi connectivity index (χ3v) is 3.45. The van der Waals surface area contributed by atoms with Crippen molar-refractivity contribution in [3.05, 3.63) is 34.2 Å². The van der Waals surface area contributed by atoms with Gasteiger partial charge in [0.05, 0.1) is 5.69 Å². The van der Waals surface area contributed by atoms with Crippen LogP contribution in [-0.2, 0) is 23.3 Å². The zero-order valence-corrected chi connectivity index (χ0v) is 11.8. The maximum Gasteiger partial charge on any atom is 0.368 e. The van der Waals surface area contributed by atoms with Gasteiger partial charge in [-0.2, -0.15) is 9.36 Å². The smallest absolute Gasteiger partial charge is 0.277 e. The number of nitrogens with zero attached hydrogens (tertiary/aromatic N) is 4. The number of rotatable bonds is 6. The van der Waals surface area contributed by atoms with E-state index >= 15 is 0 Å². The average molecular weight is 295 g/mol. The molecular formula is C11H13N5O3S. The largest absolute Gasteiger partial charge is 0.368 e. The number of tetrazole rings is 1. The molecule has 1 amide bonds. The van der Waals surface area contributed by atoms with E-state index in [-0.39, 0.29) is 12.3 Å². The lowest BCUT2D eigenvalue weighted by molar-refractivity contribution is -0.121. The van der Waals surface area contributed by atoms with Crippen LogP contribution in [0.4, 0.5) is 0 Å². The summed E-state index contributed by atoms with van der Waals surface area (Å²) in [6.07, 6.45) is 2.35. The van der Waals surface area contributed by atoms with Gasteiger partial charge in [0.1, 0.15) is 6.61 Å². The van der Waals surface area contributed by atoms with Gasteiger partial charge in [0.2, 0.25) is 6.41 Å². The zero-order valence-electron chi connectivity index (χ0n) is 10.9. The summed E-state index contributed by atoms with van der Waals surface area (Å²) in [6.45, 7) is 0.119. The predicted octanol–water partition coefficient (Wildman–Crippen LogP) is -0.135. The Labute approximate surface area is 118 Å². The van der Waals surface area contributed by atoms with Crippen LogP contribution in [0.15, 0.2) is 27.9 Å². The molecule has 2 rings (SSSR count). The van der Waals surface area contributed by atoms with Crippen LogP contribution in [-0.4, -0.2) is 32.5 Å². The first-order valence-corrected chi connectivity index (χ1v) is 6.87. The molecule has 0 unspecified atom stereocenters. The third-order valence-electron chi connectivity index (χ3n) is 2.63. The summed E-state index contributed by atoms with van der Waals surface area (Å²) in [5, 5.41) is 7.50. The Morgan fingerprint density at radius 2 is 2.25 bits per heavy atom. The minimum atomic E-state index is -0.354. The number of hydrogen-bond donors (Lipinski definition) is 1. The fourth-order valence-corrected chi connectivity index (χ4v) is 2.33. The molecule has 0 aliphatic carbocycles. The molecule has 0 bridgehead atoms. The Hall–Kier alpha value is -2.13. The van der Waals surface area contributed by atoms with E-state index in [0.717, 1.165) is 15.1 Å². The minimum absolute atomic E-state index is 0.119. The van der Waals surface area contributed by atoms with Crippen molar-refractivity contribution in [3.8, 4) is 5.69 Å². The van der Waals surface area contributed by atoms with Gasteiger partial charge in [-0.15, -0.1) is 11.8 Å². The monoisotopic (exact) mass is 295 g/mol. The van der Waals surface area contributed by atoms with Crippen molar-refractivity contribution in [1.82, 2.24) is 25.3 Å². The van der Waals surface area contributed by atoms with Crippen molar-refractivity contribution in [2.75, 3.05) is 6.26 Å². The van der Waals surface area contributed by atoms with Gasteiger partial charge < -0.3 is 0 Å². The molecule has 106 valence electrons. The van der Waals surface area contributed by atoms with E-state index in [9.17, 15) is 9.59 Å². The molecule has 1 aromatic carbocycles. The third kappa shape index (κ3) is 2.73. The van der Waals surface area contributed by atoms with Crippen molar-refractivity contribution in [1.29, 1.82) is 0 Å². The van der Waals surface area contributed by atoms with Crippen molar-refractivity contribution in [3.63, 3.8) is 0 Å². The van der Waals surface area contributed by atoms with Gasteiger partial charge in [-0.25, -0.2) is 10.3 Å². The normalized spacial score (nSPS) is 10.5. The average Bonchev–Trinajstić information content (AvgIpc) is 2.79. The Kier molecular flexibility index (Phi) is 4.53. The molecule has 1 N–H and O–H groups in total. The molecule has 0 radical (unpaired) electrons. The summed E-state index contributed by atoms with van der Waals surface area (Å²) < 4.78 is 2.33. The molecule has 1 heterocycles. The number of nitrogens with one attached hydrogen (secondary N) is 1. The number of aryl methyl sites for hydroxylation is 1. The predicted molar refractivity (Wildman–Crippen MR) is 72.4 cm³/mol. The number of hydrogen-bond acceptors (Lipinski definition) is 6. The van der Waals surface area contributed by atoms with Crippen LogP contribution in [0.3, 0.4) is 0 Å². The number of hydroxylamine groups is 1. The van der Waals surface area contributed by atoms with Gasteiger partial charge in [0, 0.05) is 17.5 Å². The fraction of sp³-hybridized carbons (Fsp3) is 0.273. The maximum absolute atomic E-state index is 11.9. The van der Waals surface area contributed by atoms with Crippen LogP contribution in [0.2, 0.25) is 0 Å². The second kappa shape index (κ2) is 6.35. The topological polar surface area (TPSA) is 91.0 Å². The number of benzene rings is 1. The Balaban J connectivity index is 2.49. The van der Waals surface area contributed by atoms with E-state index in [2.05, 4.69) is 15.9 Å². The van der Waals surface area contributed by atoms with E-state index in [1.165, 1.54) is 23.5 Å². The van der Waals surface area contributed by atoms with Gasteiger partial charge in [-0.3, -0.25) is 9.63 Å². The molecule has 0 saturated carbocycles. The SMILES string of the molecule is CSc1cccc(-n2nnn(C)c2=O)c1CONC=O. The highest BCUT2D eigenvalue weighted by molar-refractivity contribution is 7.98. The molecule has 2 aromatic rings. The van der Waals surface area contributed by atoms with Gasteiger partial charge in [-0.1, -0.05) is 6.07 Å². The summed E-state index contributed by atoms with van der Waals surface area (Å²) in [6, 6.07) is 5.46. The van der Waals surface area contributed by atoms with E-state index < -0.39 is 0 Å². The van der Waals surface area contributed by atoms with Crippen LogP contribution in [0.25, 0.3) is 5.69 Å². The molecule has 8 nitrogen and oxygen atoms in total. The molecule has 9 heteroatoms. The number of thioether (sulfide) groups is 1. The van der Waals surface area contributed by atoms with Crippen LogP contribution in [0.5, 0.6) is 0 Å². The van der Waals surface area contributed by atoms with E-state index in [4.69, 9.17) is 4.84 Å². The molecular weight excluding hydrogens is 282 g/mol. The lowest BCUT2D eigenvalue weighted by atomic mass is 10.2. The summed E-state index contributed by atoms with van der Waals surface area (Å²) in [7, 11) is 1.52. The summed E-state index contributed by atoms with van der Waals surface area (Å²) >= 11 is 1.51. The van der Waals surface area contributed by atoms with E-state index in [1.54, 1.807) is 6.07 Å². The summed E-state index contributed by atoms with van der Waals surface area (Å²) in [4.78, 5) is 28.1. The number of amides is 1. The quantitative estimate of drug-likeness (QED) is 0.345.